The Morgan fingerprint density at radius 2 is 2.06 bits per heavy atom. The van der Waals surface area contributed by atoms with Gasteiger partial charge in [0.2, 0.25) is 0 Å². The van der Waals surface area contributed by atoms with Gasteiger partial charge in [0.05, 0.1) is 12.2 Å². The highest BCUT2D eigenvalue weighted by molar-refractivity contribution is 5.58. The molecule has 3 rings (SSSR count). The largest absolute Gasteiger partial charge is 0.365 e. The maximum absolute atomic E-state index is 5.76. The third kappa shape index (κ3) is 1.97. The van der Waals surface area contributed by atoms with Gasteiger partial charge in [-0.2, -0.15) is 0 Å². The van der Waals surface area contributed by atoms with Crippen molar-refractivity contribution in [3.63, 3.8) is 0 Å². The Hall–Kier alpha value is -1.87. The topological polar surface area (TPSA) is 42.1 Å². The van der Waals surface area contributed by atoms with Crippen molar-refractivity contribution in [2.75, 3.05) is 11.4 Å². The van der Waals surface area contributed by atoms with Gasteiger partial charge in [0, 0.05) is 25.0 Å². The summed E-state index contributed by atoms with van der Waals surface area (Å²) in [5.74, 6) is 0. The first kappa shape index (κ1) is 11.2. The summed E-state index contributed by atoms with van der Waals surface area (Å²) in [6.07, 6.45) is 2.97. The number of para-hydroxylation sites is 1. The zero-order chi connectivity index (χ0) is 12.4. The average Bonchev–Trinajstić information content (AvgIpc) is 2.83. The number of fused-ring (bicyclic) bond motifs is 1. The number of rotatable bonds is 3. The van der Waals surface area contributed by atoms with Crippen LogP contribution in [0.5, 0.6) is 0 Å². The molecule has 2 N–H and O–H groups in total. The lowest BCUT2D eigenvalue weighted by molar-refractivity contribution is 0.799. The molecule has 1 aromatic heterocycles. The molecule has 0 aliphatic carbocycles. The minimum atomic E-state index is 0.554. The fourth-order valence-corrected chi connectivity index (χ4v) is 2.55. The van der Waals surface area contributed by atoms with Gasteiger partial charge in [0.1, 0.15) is 0 Å². The molecule has 0 bridgehead atoms. The molecule has 92 valence electrons. The average molecular weight is 239 g/mol. The van der Waals surface area contributed by atoms with Crippen LogP contribution in [0.3, 0.4) is 0 Å². The van der Waals surface area contributed by atoms with Crippen LogP contribution in [-0.2, 0) is 19.5 Å². The molecule has 1 aliphatic rings. The summed E-state index contributed by atoms with van der Waals surface area (Å²) in [5, 5.41) is 0. The Morgan fingerprint density at radius 1 is 1.17 bits per heavy atom. The van der Waals surface area contributed by atoms with Crippen molar-refractivity contribution in [1.29, 1.82) is 0 Å². The van der Waals surface area contributed by atoms with E-state index in [9.17, 15) is 0 Å². The minimum Gasteiger partial charge on any atom is -0.365 e. The van der Waals surface area contributed by atoms with Crippen molar-refractivity contribution in [1.82, 2.24) is 4.98 Å². The van der Waals surface area contributed by atoms with E-state index in [2.05, 4.69) is 40.2 Å². The molecule has 0 unspecified atom stereocenters. The molecular weight excluding hydrogens is 222 g/mol. The predicted octanol–water partition coefficient (Wildman–Crippen LogP) is 2.10. The normalized spacial score (nSPS) is 13.7. The number of hydrogen-bond acceptors (Lipinski definition) is 3. The molecule has 0 fully saturated rings. The first-order valence-electron chi connectivity index (χ1n) is 6.34. The van der Waals surface area contributed by atoms with Crippen LogP contribution in [0, 0.1) is 0 Å². The first-order valence-corrected chi connectivity index (χ1v) is 6.34. The molecular formula is C15H17N3. The zero-order valence-corrected chi connectivity index (χ0v) is 10.3. The molecule has 3 heteroatoms. The van der Waals surface area contributed by atoms with E-state index >= 15 is 0 Å². The summed E-state index contributed by atoms with van der Waals surface area (Å²) in [5.41, 5.74) is 10.8. The second-order valence-corrected chi connectivity index (χ2v) is 4.61. The highest BCUT2D eigenvalue weighted by Crippen LogP contribution is 2.28. The standard InChI is InChI=1S/C15H17N3/c16-10-13-5-3-8-17-14(13)11-18-9-7-12-4-1-2-6-15(12)18/h1-6,8H,7,9-11,16H2. The summed E-state index contributed by atoms with van der Waals surface area (Å²) < 4.78 is 0. The smallest absolute Gasteiger partial charge is 0.0641 e. The minimum absolute atomic E-state index is 0.554. The van der Waals surface area contributed by atoms with Gasteiger partial charge in [-0.3, -0.25) is 4.98 Å². The zero-order valence-electron chi connectivity index (χ0n) is 10.3. The Bertz CT molecular complexity index is 551. The summed E-state index contributed by atoms with van der Waals surface area (Å²) in [6.45, 7) is 2.48. The van der Waals surface area contributed by atoms with Crippen molar-refractivity contribution in [3.8, 4) is 0 Å². The van der Waals surface area contributed by atoms with Crippen LogP contribution in [-0.4, -0.2) is 11.5 Å². The molecule has 0 saturated heterocycles. The van der Waals surface area contributed by atoms with Crippen molar-refractivity contribution < 1.29 is 0 Å². The Labute approximate surface area is 107 Å². The third-order valence-corrected chi connectivity index (χ3v) is 3.53. The number of anilines is 1. The van der Waals surface area contributed by atoms with Gasteiger partial charge in [-0.05, 0) is 29.7 Å². The second kappa shape index (κ2) is 4.78. The Kier molecular flexibility index (Phi) is 2.99. The summed E-state index contributed by atoms with van der Waals surface area (Å²) in [4.78, 5) is 6.85. The van der Waals surface area contributed by atoms with E-state index in [1.54, 1.807) is 0 Å². The number of nitrogens with two attached hydrogens (primary N) is 1. The van der Waals surface area contributed by atoms with Gasteiger partial charge in [-0.1, -0.05) is 24.3 Å². The van der Waals surface area contributed by atoms with Gasteiger partial charge in [0.15, 0.2) is 0 Å². The van der Waals surface area contributed by atoms with E-state index in [-0.39, 0.29) is 0 Å². The molecule has 18 heavy (non-hydrogen) atoms. The van der Waals surface area contributed by atoms with E-state index in [0.29, 0.717) is 6.54 Å². The maximum atomic E-state index is 5.76. The van der Waals surface area contributed by atoms with Crippen LogP contribution in [0.25, 0.3) is 0 Å². The van der Waals surface area contributed by atoms with Crippen molar-refractivity contribution in [2.24, 2.45) is 5.73 Å². The monoisotopic (exact) mass is 239 g/mol. The summed E-state index contributed by atoms with van der Waals surface area (Å²) in [7, 11) is 0. The highest BCUT2D eigenvalue weighted by atomic mass is 15.2. The van der Waals surface area contributed by atoms with E-state index in [1.165, 1.54) is 11.3 Å². The molecule has 1 aromatic carbocycles. The Balaban J connectivity index is 1.86. The van der Waals surface area contributed by atoms with Crippen LogP contribution < -0.4 is 10.6 Å². The third-order valence-electron chi connectivity index (χ3n) is 3.53. The fourth-order valence-electron chi connectivity index (χ4n) is 2.55. The van der Waals surface area contributed by atoms with Gasteiger partial charge in [-0.15, -0.1) is 0 Å². The van der Waals surface area contributed by atoms with Crippen LogP contribution in [0.2, 0.25) is 0 Å². The quantitative estimate of drug-likeness (QED) is 0.892. The van der Waals surface area contributed by atoms with Crippen LogP contribution >= 0.6 is 0 Å². The Morgan fingerprint density at radius 3 is 2.94 bits per heavy atom. The molecule has 0 radical (unpaired) electrons. The van der Waals surface area contributed by atoms with Crippen LogP contribution in [0.15, 0.2) is 42.6 Å². The fraction of sp³-hybridized carbons (Fsp3) is 0.267. The lowest BCUT2D eigenvalue weighted by atomic mass is 10.1. The lowest BCUT2D eigenvalue weighted by Crippen LogP contribution is -2.21. The number of hydrogen-bond donors (Lipinski definition) is 1. The molecule has 2 heterocycles. The lowest BCUT2D eigenvalue weighted by Gasteiger charge is -2.20. The number of benzene rings is 1. The number of nitrogens with zero attached hydrogens (tertiary/aromatic N) is 2. The summed E-state index contributed by atoms with van der Waals surface area (Å²) >= 11 is 0. The van der Waals surface area contributed by atoms with Crippen LogP contribution in [0.1, 0.15) is 16.8 Å². The van der Waals surface area contributed by atoms with Crippen molar-refractivity contribution in [2.45, 2.75) is 19.5 Å². The maximum Gasteiger partial charge on any atom is 0.0641 e. The van der Waals surface area contributed by atoms with Crippen LogP contribution in [0.4, 0.5) is 5.69 Å². The van der Waals surface area contributed by atoms with Gasteiger partial charge >= 0.3 is 0 Å². The number of pyridine rings is 1. The van der Waals surface area contributed by atoms with E-state index < -0.39 is 0 Å². The van der Waals surface area contributed by atoms with E-state index in [4.69, 9.17) is 5.73 Å². The first-order chi connectivity index (χ1) is 8.88. The molecule has 0 spiro atoms. The molecule has 0 atom stereocenters. The van der Waals surface area contributed by atoms with Gasteiger partial charge in [0.25, 0.3) is 0 Å². The van der Waals surface area contributed by atoms with Gasteiger partial charge in [-0.25, -0.2) is 0 Å². The SMILES string of the molecule is NCc1cccnc1CN1CCc2ccccc21. The van der Waals surface area contributed by atoms with Crippen molar-refractivity contribution >= 4 is 5.69 Å². The van der Waals surface area contributed by atoms with E-state index in [0.717, 1.165) is 30.8 Å². The second-order valence-electron chi connectivity index (χ2n) is 4.61. The van der Waals surface area contributed by atoms with Crippen molar-refractivity contribution in [3.05, 3.63) is 59.4 Å². The molecule has 1 aliphatic heterocycles. The predicted molar refractivity (Wildman–Crippen MR) is 73.3 cm³/mol. The molecule has 3 nitrogen and oxygen atoms in total. The molecule has 0 amide bonds. The van der Waals surface area contributed by atoms with E-state index in [1.807, 2.05) is 12.3 Å². The summed E-state index contributed by atoms with van der Waals surface area (Å²) in [6, 6.07) is 12.6. The molecule has 0 saturated carbocycles. The van der Waals surface area contributed by atoms with Gasteiger partial charge < -0.3 is 10.6 Å². The highest BCUT2D eigenvalue weighted by Gasteiger charge is 2.19. The molecule has 2 aromatic rings. The number of aromatic nitrogens is 1.